The van der Waals surface area contributed by atoms with Crippen molar-refractivity contribution in [2.75, 3.05) is 0 Å². The maximum Gasteiger partial charge on any atom is 0.337 e. The highest BCUT2D eigenvalue weighted by Gasteiger charge is 2.02. The van der Waals surface area contributed by atoms with Crippen LogP contribution in [0, 0.1) is 0 Å². The zero-order valence-electron chi connectivity index (χ0n) is 10.7. The Balaban J connectivity index is 0.000000133. The number of fused-ring (bicyclic) bond motifs is 3. The van der Waals surface area contributed by atoms with Gasteiger partial charge in [0.2, 0.25) is 0 Å². The third kappa shape index (κ3) is 2.54. The molecule has 4 aromatic rings. The van der Waals surface area contributed by atoms with E-state index in [0.717, 1.165) is 11.2 Å². The van der Waals surface area contributed by atoms with Crippen molar-refractivity contribution in [2.45, 2.75) is 0 Å². The first-order chi connectivity index (χ1) is 10.3. The van der Waals surface area contributed by atoms with E-state index in [1.54, 1.807) is 24.9 Å². The summed E-state index contributed by atoms with van der Waals surface area (Å²) in [5.41, 5.74) is 2.66. The number of aromatic nitrogens is 6. The van der Waals surface area contributed by atoms with Gasteiger partial charge < -0.3 is 10.1 Å². The molecule has 4 rings (SSSR count). The minimum Gasteiger partial charge on any atom is -0.478 e. The van der Waals surface area contributed by atoms with Gasteiger partial charge >= 0.3 is 5.97 Å². The smallest absolute Gasteiger partial charge is 0.337 e. The third-order valence-electron chi connectivity index (χ3n) is 2.72. The van der Waals surface area contributed by atoms with Crippen molar-refractivity contribution in [2.24, 2.45) is 0 Å². The van der Waals surface area contributed by atoms with E-state index in [0.29, 0.717) is 5.65 Å². The van der Waals surface area contributed by atoms with Gasteiger partial charge in [0, 0.05) is 24.8 Å². The molecule has 8 nitrogen and oxygen atoms in total. The van der Waals surface area contributed by atoms with E-state index >= 15 is 0 Å². The van der Waals surface area contributed by atoms with Crippen LogP contribution in [0.1, 0.15) is 10.4 Å². The molecule has 0 aliphatic heterocycles. The molecule has 8 heteroatoms. The molecule has 0 fully saturated rings. The van der Waals surface area contributed by atoms with Gasteiger partial charge in [0.1, 0.15) is 11.8 Å². The number of pyridine rings is 1. The molecule has 21 heavy (non-hydrogen) atoms. The Kier molecular flexibility index (Phi) is 3.26. The topological polar surface area (TPSA) is 109 Å². The van der Waals surface area contributed by atoms with Crippen molar-refractivity contribution < 1.29 is 9.90 Å². The number of carbonyl (C=O) groups is 1. The van der Waals surface area contributed by atoms with Gasteiger partial charge in [0.15, 0.2) is 11.3 Å². The Bertz CT molecular complexity index is 834. The lowest BCUT2D eigenvalue weighted by Crippen LogP contribution is -1.94. The lowest BCUT2D eigenvalue weighted by molar-refractivity contribution is 0.0696. The number of nitrogens with one attached hydrogen (secondary N) is 1. The minimum absolute atomic E-state index is 0.220. The Morgan fingerprint density at radius 1 is 1.24 bits per heavy atom. The zero-order valence-corrected chi connectivity index (χ0v) is 10.7. The summed E-state index contributed by atoms with van der Waals surface area (Å²) >= 11 is 0. The average molecular weight is 282 g/mol. The van der Waals surface area contributed by atoms with Gasteiger partial charge in [-0.15, -0.1) is 0 Å². The lowest BCUT2D eigenvalue weighted by atomic mass is 10.3. The first kappa shape index (κ1) is 12.7. The van der Waals surface area contributed by atoms with E-state index in [2.05, 4.69) is 24.9 Å². The number of rotatable bonds is 1. The molecule has 4 heterocycles. The third-order valence-corrected chi connectivity index (χ3v) is 2.72. The number of hydrogen-bond donors (Lipinski definition) is 2. The molecule has 0 saturated carbocycles. The van der Waals surface area contributed by atoms with E-state index < -0.39 is 5.97 Å². The SMILES string of the molecule is O=C(O)c1cccnc1.c1cn2cnc3nc[nH]c3c2n1. The van der Waals surface area contributed by atoms with Crippen LogP contribution in [0.15, 0.2) is 49.6 Å². The largest absolute Gasteiger partial charge is 0.478 e. The Morgan fingerprint density at radius 2 is 2.14 bits per heavy atom. The Morgan fingerprint density at radius 3 is 2.86 bits per heavy atom. The number of imidazole rings is 2. The molecule has 4 aromatic heterocycles. The van der Waals surface area contributed by atoms with Crippen LogP contribution in [0.5, 0.6) is 0 Å². The molecule has 0 unspecified atom stereocenters. The van der Waals surface area contributed by atoms with Crippen LogP contribution in [0.3, 0.4) is 0 Å². The first-order valence-corrected chi connectivity index (χ1v) is 6.00. The number of hydrogen-bond acceptors (Lipinski definition) is 5. The van der Waals surface area contributed by atoms with Crippen LogP contribution >= 0.6 is 0 Å². The predicted molar refractivity (Wildman–Crippen MR) is 73.8 cm³/mol. The van der Waals surface area contributed by atoms with E-state index in [4.69, 9.17) is 5.11 Å². The van der Waals surface area contributed by atoms with Gasteiger partial charge in [-0.1, -0.05) is 0 Å². The molecule has 2 N–H and O–H groups in total. The average Bonchev–Trinajstić information content (AvgIpc) is 3.16. The summed E-state index contributed by atoms with van der Waals surface area (Å²) in [4.78, 5) is 29.1. The highest BCUT2D eigenvalue weighted by atomic mass is 16.4. The predicted octanol–water partition coefficient (Wildman–Crippen LogP) is 1.39. The molecule has 0 radical (unpaired) electrons. The molecule has 104 valence electrons. The van der Waals surface area contributed by atoms with Gasteiger partial charge in [-0.3, -0.25) is 9.38 Å². The highest BCUT2D eigenvalue weighted by molar-refractivity contribution is 5.87. The van der Waals surface area contributed by atoms with E-state index in [9.17, 15) is 4.79 Å². The fraction of sp³-hybridized carbons (Fsp3) is 0. The van der Waals surface area contributed by atoms with Gasteiger partial charge in [0.05, 0.1) is 11.9 Å². The quantitative estimate of drug-likeness (QED) is 0.546. The number of carboxylic acid groups (broad SMARTS) is 1. The van der Waals surface area contributed by atoms with Crippen molar-refractivity contribution in [3.05, 3.63) is 55.1 Å². The van der Waals surface area contributed by atoms with Crippen LogP contribution in [0.2, 0.25) is 0 Å². The molecule has 0 aliphatic carbocycles. The molecule has 0 aliphatic rings. The van der Waals surface area contributed by atoms with Gasteiger partial charge in [-0.2, -0.15) is 0 Å². The maximum atomic E-state index is 10.2. The maximum absolute atomic E-state index is 10.2. The molecular weight excluding hydrogens is 272 g/mol. The van der Waals surface area contributed by atoms with E-state index in [1.165, 1.54) is 18.5 Å². The zero-order chi connectivity index (χ0) is 14.7. The molecule has 0 amide bonds. The fourth-order valence-corrected chi connectivity index (χ4v) is 1.76. The summed E-state index contributed by atoms with van der Waals surface area (Å²) in [5, 5.41) is 8.34. The standard InChI is InChI=1S/C7H5N5.C6H5NO2/c1-2-12-4-11-6-5(7(12)8-1)9-3-10-6;8-6(9)5-2-1-3-7-4-5/h1-4H,(H,9,10);1-4H,(H,8,9). The normalized spacial score (nSPS) is 10.3. The number of H-pyrrole nitrogens is 1. The summed E-state index contributed by atoms with van der Waals surface area (Å²) in [5.74, 6) is -0.942. The van der Waals surface area contributed by atoms with Crippen molar-refractivity contribution in [1.82, 2.24) is 29.3 Å². The van der Waals surface area contributed by atoms with Crippen LogP contribution in [0.25, 0.3) is 16.8 Å². The van der Waals surface area contributed by atoms with Gasteiger partial charge in [0.25, 0.3) is 0 Å². The molecule has 0 atom stereocenters. The second-order valence-electron chi connectivity index (χ2n) is 4.05. The monoisotopic (exact) mass is 282 g/mol. The van der Waals surface area contributed by atoms with Gasteiger partial charge in [-0.05, 0) is 12.1 Å². The van der Waals surface area contributed by atoms with Crippen LogP contribution in [-0.2, 0) is 0 Å². The highest BCUT2D eigenvalue weighted by Crippen LogP contribution is 2.10. The Labute approximate surface area is 118 Å². The van der Waals surface area contributed by atoms with Crippen molar-refractivity contribution in [3.63, 3.8) is 0 Å². The number of aromatic carboxylic acids is 1. The fourth-order valence-electron chi connectivity index (χ4n) is 1.76. The summed E-state index contributed by atoms with van der Waals surface area (Å²) in [7, 11) is 0. The second kappa shape index (κ2) is 5.37. The summed E-state index contributed by atoms with van der Waals surface area (Å²) in [6, 6.07) is 3.08. The lowest BCUT2D eigenvalue weighted by Gasteiger charge is -1.91. The number of nitrogens with zero attached hydrogens (tertiary/aromatic N) is 5. The number of carboxylic acids is 1. The van der Waals surface area contributed by atoms with Crippen LogP contribution in [0.4, 0.5) is 0 Å². The first-order valence-electron chi connectivity index (χ1n) is 6.00. The van der Waals surface area contributed by atoms with E-state index in [-0.39, 0.29) is 5.56 Å². The molecule has 0 bridgehead atoms. The van der Waals surface area contributed by atoms with Gasteiger partial charge in [-0.25, -0.2) is 19.7 Å². The minimum atomic E-state index is -0.942. The van der Waals surface area contributed by atoms with Crippen molar-refractivity contribution in [1.29, 1.82) is 0 Å². The van der Waals surface area contributed by atoms with Crippen molar-refractivity contribution in [3.8, 4) is 0 Å². The van der Waals surface area contributed by atoms with Crippen molar-refractivity contribution >= 4 is 22.8 Å². The summed E-state index contributed by atoms with van der Waals surface area (Å²) in [6.07, 6.45) is 9.74. The summed E-state index contributed by atoms with van der Waals surface area (Å²) < 4.78 is 1.85. The molecular formula is C13H10N6O2. The summed E-state index contributed by atoms with van der Waals surface area (Å²) in [6.45, 7) is 0. The number of aromatic amines is 1. The van der Waals surface area contributed by atoms with E-state index in [1.807, 2.05) is 10.6 Å². The van der Waals surface area contributed by atoms with Crippen LogP contribution in [-0.4, -0.2) is 40.4 Å². The molecule has 0 spiro atoms. The Hall–Kier alpha value is -3.29. The second-order valence-corrected chi connectivity index (χ2v) is 4.05. The van der Waals surface area contributed by atoms with Crippen LogP contribution < -0.4 is 0 Å². The molecule has 0 aromatic carbocycles. The molecule has 0 saturated heterocycles.